The summed E-state index contributed by atoms with van der Waals surface area (Å²) in [6, 6.07) is 0.280. The zero-order valence-corrected chi connectivity index (χ0v) is 10.4. The van der Waals surface area contributed by atoms with Crippen LogP contribution in [-0.2, 0) is 6.54 Å². The molecule has 1 aromatic heterocycles. The summed E-state index contributed by atoms with van der Waals surface area (Å²) in [6.45, 7) is 3.99. The minimum absolute atomic E-state index is 0.280. The maximum absolute atomic E-state index is 5.72. The van der Waals surface area contributed by atoms with E-state index in [2.05, 4.69) is 15.3 Å². The van der Waals surface area contributed by atoms with Crippen LogP contribution in [0.15, 0.2) is 5.38 Å². The Morgan fingerprint density at radius 1 is 1.80 bits per heavy atom. The van der Waals surface area contributed by atoms with E-state index < -0.39 is 0 Å². The van der Waals surface area contributed by atoms with Crippen molar-refractivity contribution in [2.24, 2.45) is 5.73 Å². The van der Waals surface area contributed by atoms with Crippen molar-refractivity contribution >= 4 is 28.5 Å². The van der Waals surface area contributed by atoms with Crippen molar-refractivity contribution < 1.29 is 0 Å². The van der Waals surface area contributed by atoms with E-state index in [1.807, 2.05) is 6.92 Å². The van der Waals surface area contributed by atoms with Gasteiger partial charge in [0.1, 0.15) is 0 Å². The van der Waals surface area contributed by atoms with E-state index in [0.717, 1.165) is 30.2 Å². The van der Waals surface area contributed by atoms with E-state index in [9.17, 15) is 0 Å². The first-order valence-electron chi connectivity index (χ1n) is 5.11. The Bertz CT molecular complexity index is 361. The van der Waals surface area contributed by atoms with Crippen molar-refractivity contribution in [3.63, 3.8) is 0 Å². The molecule has 1 atom stereocenters. The molecule has 2 N–H and O–H groups in total. The summed E-state index contributed by atoms with van der Waals surface area (Å²) >= 11 is 6.77. The summed E-state index contributed by atoms with van der Waals surface area (Å²) in [5, 5.41) is 3.24. The minimum atomic E-state index is 0.280. The molecular formula is C10H15N3S2. The molecule has 5 heteroatoms. The highest BCUT2D eigenvalue weighted by Gasteiger charge is 2.26. The van der Waals surface area contributed by atoms with Gasteiger partial charge in [-0.2, -0.15) is 0 Å². The van der Waals surface area contributed by atoms with E-state index >= 15 is 0 Å². The smallest absolute Gasteiger partial charge is 0.0902 e. The fourth-order valence-electron chi connectivity index (χ4n) is 2.03. The average Bonchev–Trinajstić information content (AvgIpc) is 2.75. The summed E-state index contributed by atoms with van der Waals surface area (Å²) in [4.78, 5) is 7.42. The molecule has 0 spiro atoms. The van der Waals surface area contributed by atoms with Crippen molar-refractivity contribution in [3.8, 4) is 0 Å². The lowest BCUT2D eigenvalue weighted by atomic mass is 10.2. The molecule has 3 nitrogen and oxygen atoms in total. The van der Waals surface area contributed by atoms with E-state index in [4.69, 9.17) is 18.0 Å². The number of likely N-dealkylation sites (tertiary alicyclic amines) is 1. The normalized spacial score (nSPS) is 22.1. The quantitative estimate of drug-likeness (QED) is 0.818. The number of thiazole rings is 1. The molecule has 0 saturated carbocycles. The van der Waals surface area contributed by atoms with Gasteiger partial charge in [-0.1, -0.05) is 12.2 Å². The van der Waals surface area contributed by atoms with Gasteiger partial charge in [0.25, 0.3) is 0 Å². The predicted octanol–water partition coefficient (Wildman–Crippen LogP) is 1.70. The molecule has 1 saturated heterocycles. The van der Waals surface area contributed by atoms with Crippen LogP contribution in [0.4, 0.5) is 0 Å². The second-order valence-corrected chi connectivity index (χ2v) is 5.42. The molecule has 0 amide bonds. The van der Waals surface area contributed by atoms with Crippen LogP contribution in [0.2, 0.25) is 0 Å². The predicted molar refractivity (Wildman–Crippen MR) is 67.1 cm³/mol. The number of aromatic nitrogens is 1. The Labute approximate surface area is 99.3 Å². The van der Waals surface area contributed by atoms with E-state index in [0.29, 0.717) is 4.99 Å². The lowest BCUT2D eigenvalue weighted by Crippen LogP contribution is -2.38. The summed E-state index contributed by atoms with van der Waals surface area (Å²) in [6.07, 6.45) is 2.28. The van der Waals surface area contributed by atoms with Crippen LogP contribution in [0.5, 0.6) is 0 Å². The lowest BCUT2D eigenvalue weighted by molar-refractivity contribution is 0.292. The zero-order chi connectivity index (χ0) is 10.8. The first kappa shape index (κ1) is 11.0. The Kier molecular flexibility index (Phi) is 3.33. The van der Waals surface area contributed by atoms with Gasteiger partial charge in [0.05, 0.1) is 21.7 Å². The average molecular weight is 241 g/mol. The molecule has 0 aromatic carbocycles. The monoisotopic (exact) mass is 241 g/mol. The summed E-state index contributed by atoms with van der Waals surface area (Å²) in [5.41, 5.74) is 6.86. The van der Waals surface area contributed by atoms with Gasteiger partial charge in [-0.05, 0) is 26.3 Å². The van der Waals surface area contributed by atoms with Crippen LogP contribution in [0, 0.1) is 6.92 Å². The van der Waals surface area contributed by atoms with Crippen molar-refractivity contribution in [2.45, 2.75) is 32.4 Å². The number of nitrogens with zero attached hydrogens (tertiary/aromatic N) is 2. The van der Waals surface area contributed by atoms with Crippen molar-refractivity contribution in [1.82, 2.24) is 9.88 Å². The molecular weight excluding hydrogens is 226 g/mol. The number of hydrogen-bond donors (Lipinski definition) is 1. The van der Waals surface area contributed by atoms with Crippen molar-refractivity contribution in [2.75, 3.05) is 6.54 Å². The molecule has 0 radical (unpaired) electrons. The van der Waals surface area contributed by atoms with Gasteiger partial charge < -0.3 is 5.73 Å². The molecule has 2 heterocycles. The topological polar surface area (TPSA) is 42.2 Å². The van der Waals surface area contributed by atoms with Crippen LogP contribution < -0.4 is 5.73 Å². The van der Waals surface area contributed by atoms with Gasteiger partial charge >= 0.3 is 0 Å². The summed E-state index contributed by atoms with van der Waals surface area (Å²) in [5.74, 6) is 0. The van der Waals surface area contributed by atoms with E-state index in [1.54, 1.807) is 11.3 Å². The molecule has 82 valence electrons. The fourth-order valence-corrected chi connectivity index (χ4v) is 2.90. The Morgan fingerprint density at radius 3 is 3.20 bits per heavy atom. The van der Waals surface area contributed by atoms with Gasteiger partial charge in [-0.25, -0.2) is 4.98 Å². The maximum atomic E-state index is 5.72. The number of rotatable bonds is 3. The number of aryl methyl sites for hydroxylation is 1. The third kappa shape index (κ3) is 2.53. The fraction of sp³-hybridized carbons (Fsp3) is 0.600. The second-order valence-electron chi connectivity index (χ2n) is 3.89. The van der Waals surface area contributed by atoms with Crippen LogP contribution in [0.1, 0.15) is 23.5 Å². The summed E-state index contributed by atoms with van der Waals surface area (Å²) in [7, 11) is 0. The Balaban J connectivity index is 2.02. The maximum Gasteiger partial charge on any atom is 0.0902 e. The highest BCUT2D eigenvalue weighted by atomic mass is 32.1. The molecule has 1 unspecified atom stereocenters. The number of thiocarbonyl (C=S) groups is 1. The lowest BCUT2D eigenvalue weighted by Gasteiger charge is -2.22. The number of nitrogens with two attached hydrogens (primary N) is 1. The third-order valence-corrected chi connectivity index (χ3v) is 3.82. The minimum Gasteiger partial charge on any atom is -0.392 e. The van der Waals surface area contributed by atoms with Gasteiger partial charge in [-0.3, -0.25) is 4.90 Å². The third-order valence-electron chi connectivity index (χ3n) is 2.72. The van der Waals surface area contributed by atoms with Gasteiger partial charge in [0.15, 0.2) is 0 Å². The SMILES string of the molecule is Cc1nc(CN2CCCC2C(N)=S)cs1. The Morgan fingerprint density at radius 2 is 2.60 bits per heavy atom. The number of hydrogen-bond acceptors (Lipinski definition) is 4. The van der Waals surface area contributed by atoms with Crippen molar-refractivity contribution in [1.29, 1.82) is 0 Å². The van der Waals surface area contributed by atoms with E-state index in [-0.39, 0.29) is 6.04 Å². The highest BCUT2D eigenvalue weighted by Crippen LogP contribution is 2.20. The zero-order valence-electron chi connectivity index (χ0n) is 8.77. The molecule has 1 aliphatic heterocycles. The van der Waals surface area contributed by atoms with Crippen molar-refractivity contribution in [3.05, 3.63) is 16.1 Å². The molecule has 1 aliphatic rings. The van der Waals surface area contributed by atoms with E-state index in [1.165, 1.54) is 6.42 Å². The van der Waals surface area contributed by atoms with Crippen LogP contribution >= 0.6 is 23.6 Å². The van der Waals surface area contributed by atoms with Gasteiger partial charge in [0.2, 0.25) is 0 Å². The van der Waals surface area contributed by atoms with Crippen LogP contribution in [0.3, 0.4) is 0 Å². The second kappa shape index (κ2) is 4.55. The highest BCUT2D eigenvalue weighted by molar-refractivity contribution is 7.80. The first-order valence-corrected chi connectivity index (χ1v) is 6.40. The molecule has 15 heavy (non-hydrogen) atoms. The van der Waals surface area contributed by atoms with Crippen LogP contribution in [0.25, 0.3) is 0 Å². The summed E-state index contributed by atoms with van der Waals surface area (Å²) < 4.78 is 0. The van der Waals surface area contributed by atoms with Crippen LogP contribution in [-0.4, -0.2) is 27.5 Å². The standard InChI is InChI=1S/C10H15N3S2/c1-7-12-8(6-15-7)5-13-4-2-3-9(13)10(11)14/h6,9H,2-5H2,1H3,(H2,11,14). The Hall–Kier alpha value is -0.520. The molecule has 0 aliphatic carbocycles. The molecule has 0 bridgehead atoms. The molecule has 1 fully saturated rings. The van der Waals surface area contributed by atoms with Gasteiger partial charge in [-0.15, -0.1) is 11.3 Å². The van der Waals surface area contributed by atoms with Gasteiger partial charge in [0, 0.05) is 11.9 Å². The molecule has 2 rings (SSSR count). The largest absolute Gasteiger partial charge is 0.392 e. The molecule has 1 aromatic rings. The first-order chi connectivity index (χ1) is 7.16.